The van der Waals surface area contributed by atoms with Gasteiger partial charge in [0.2, 0.25) is 11.8 Å². The molecule has 0 aliphatic carbocycles. The number of thioether (sulfide) groups is 1. The Morgan fingerprint density at radius 2 is 1.84 bits per heavy atom. The predicted molar refractivity (Wildman–Crippen MR) is 129 cm³/mol. The van der Waals surface area contributed by atoms with E-state index < -0.39 is 6.04 Å². The number of rotatable bonds is 11. The molecule has 2 unspecified atom stereocenters. The van der Waals surface area contributed by atoms with E-state index in [1.807, 2.05) is 62.4 Å². The van der Waals surface area contributed by atoms with Crippen molar-refractivity contribution >= 4 is 35.2 Å². The fourth-order valence-corrected chi connectivity index (χ4v) is 4.01. The Hall–Kier alpha value is -2.18. The molecule has 168 valence electrons. The number of carbonyl (C=O) groups excluding carboxylic acids is 2. The van der Waals surface area contributed by atoms with E-state index in [0.29, 0.717) is 17.3 Å². The Morgan fingerprint density at radius 3 is 2.45 bits per heavy atom. The van der Waals surface area contributed by atoms with Crippen LogP contribution in [0.4, 0.5) is 0 Å². The standard InChI is InChI=1S/C24H31ClN2O3S/c1-5-17(2)26-24(29)18(3)27(14-19-9-11-22(30-4)12-10-19)23(28)16-31-15-20-7-6-8-21(25)13-20/h6-13,17-18H,5,14-16H2,1-4H3,(H,26,29). The zero-order chi connectivity index (χ0) is 22.8. The molecule has 31 heavy (non-hydrogen) atoms. The van der Waals surface area contributed by atoms with Crippen LogP contribution >= 0.6 is 23.4 Å². The minimum atomic E-state index is -0.574. The number of ether oxygens (including phenoxy) is 1. The van der Waals surface area contributed by atoms with Crippen molar-refractivity contribution in [2.45, 2.75) is 51.6 Å². The molecule has 1 N–H and O–H groups in total. The van der Waals surface area contributed by atoms with E-state index >= 15 is 0 Å². The molecule has 0 radical (unpaired) electrons. The van der Waals surface area contributed by atoms with Crippen LogP contribution in [0.1, 0.15) is 38.3 Å². The topological polar surface area (TPSA) is 58.6 Å². The molecule has 0 saturated carbocycles. The number of hydrogen-bond donors (Lipinski definition) is 1. The quantitative estimate of drug-likeness (QED) is 0.515. The summed E-state index contributed by atoms with van der Waals surface area (Å²) >= 11 is 7.55. The van der Waals surface area contributed by atoms with Gasteiger partial charge in [-0.3, -0.25) is 9.59 Å². The second-order valence-electron chi connectivity index (χ2n) is 7.49. The fourth-order valence-electron chi connectivity index (χ4n) is 2.94. The van der Waals surface area contributed by atoms with Crippen molar-refractivity contribution in [2.24, 2.45) is 0 Å². The number of halogens is 1. The van der Waals surface area contributed by atoms with Gasteiger partial charge in [0.1, 0.15) is 11.8 Å². The van der Waals surface area contributed by atoms with E-state index in [-0.39, 0.29) is 23.6 Å². The lowest BCUT2D eigenvalue weighted by Crippen LogP contribution is -2.50. The van der Waals surface area contributed by atoms with Crippen LogP contribution in [0, 0.1) is 0 Å². The Bertz CT molecular complexity index is 860. The molecule has 2 amide bonds. The van der Waals surface area contributed by atoms with Gasteiger partial charge >= 0.3 is 0 Å². The Morgan fingerprint density at radius 1 is 1.13 bits per heavy atom. The summed E-state index contributed by atoms with van der Waals surface area (Å²) in [7, 11) is 1.61. The average molecular weight is 463 g/mol. The number of carbonyl (C=O) groups is 2. The molecule has 0 aliphatic rings. The minimum absolute atomic E-state index is 0.0603. The molecular weight excluding hydrogens is 432 g/mol. The van der Waals surface area contributed by atoms with E-state index in [2.05, 4.69) is 5.32 Å². The van der Waals surface area contributed by atoms with Crippen LogP contribution in [0.2, 0.25) is 5.02 Å². The van der Waals surface area contributed by atoms with Crippen molar-refractivity contribution in [1.82, 2.24) is 10.2 Å². The van der Waals surface area contributed by atoms with Crippen LogP contribution < -0.4 is 10.1 Å². The van der Waals surface area contributed by atoms with Gasteiger partial charge < -0.3 is 15.0 Å². The molecule has 7 heteroatoms. The summed E-state index contributed by atoms with van der Waals surface area (Å²) in [5, 5.41) is 3.66. The Balaban J connectivity index is 2.08. The zero-order valence-electron chi connectivity index (χ0n) is 18.6. The van der Waals surface area contributed by atoms with Gasteiger partial charge in [-0.25, -0.2) is 0 Å². The summed E-state index contributed by atoms with van der Waals surface area (Å²) in [6.07, 6.45) is 0.834. The first-order valence-electron chi connectivity index (χ1n) is 10.4. The number of nitrogens with one attached hydrogen (secondary N) is 1. The maximum absolute atomic E-state index is 13.1. The summed E-state index contributed by atoms with van der Waals surface area (Å²) in [5.74, 6) is 1.49. The van der Waals surface area contributed by atoms with Gasteiger partial charge in [0, 0.05) is 23.4 Å². The zero-order valence-corrected chi connectivity index (χ0v) is 20.1. The number of hydrogen-bond acceptors (Lipinski definition) is 4. The molecule has 0 bridgehead atoms. The molecule has 0 aromatic heterocycles. The number of amides is 2. The molecule has 2 atom stereocenters. The van der Waals surface area contributed by atoms with Crippen molar-refractivity contribution < 1.29 is 14.3 Å². The first-order chi connectivity index (χ1) is 14.8. The Labute approximate surface area is 194 Å². The molecule has 0 saturated heterocycles. The third-order valence-electron chi connectivity index (χ3n) is 5.06. The normalized spacial score (nSPS) is 12.7. The van der Waals surface area contributed by atoms with Gasteiger partial charge in [-0.2, -0.15) is 0 Å². The monoisotopic (exact) mass is 462 g/mol. The molecule has 5 nitrogen and oxygen atoms in total. The van der Waals surface area contributed by atoms with E-state index in [0.717, 1.165) is 23.3 Å². The number of benzene rings is 2. The summed E-state index contributed by atoms with van der Waals surface area (Å²) in [6, 6.07) is 14.6. The van der Waals surface area contributed by atoms with Crippen LogP contribution in [-0.2, 0) is 21.9 Å². The molecule has 0 aliphatic heterocycles. The van der Waals surface area contributed by atoms with E-state index in [9.17, 15) is 9.59 Å². The summed E-state index contributed by atoms with van der Waals surface area (Å²) in [5.41, 5.74) is 2.01. The average Bonchev–Trinajstić information content (AvgIpc) is 2.77. The highest BCUT2D eigenvalue weighted by atomic mass is 35.5. The second-order valence-corrected chi connectivity index (χ2v) is 8.91. The van der Waals surface area contributed by atoms with E-state index in [1.54, 1.807) is 18.9 Å². The number of methoxy groups -OCH3 is 1. The lowest BCUT2D eigenvalue weighted by Gasteiger charge is -2.29. The van der Waals surface area contributed by atoms with Crippen molar-refractivity contribution in [3.05, 3.63) is 64.7 Å². The highest BCUT2D eigenvalue weighted by molar-refractivity contribution is 7.99. The summed E-state index contributed by atoms with van der Waals surface area (Å²) in [4.78, 5) is 27.5. The SMILES string of the molecule is CCC(C)NC(=O)C(C)N(Cc1ccc(OC)cc1)C(=O)CSCc1cccc(Cl)c1. The molecule has 2 aromatic rings. The molecule has 2 rings (SSSR count). The van der Waals surface area contributed by atoms with Gasteiger partial charge in [-0.1, -0.05) is 42.8 Å². The van der Waals surface area contributed by atoms with Gasteiger partial charge in [-0.05, 0) is 55.7 Å². The third-order valence-corrected chi connectivity index (χ3v) is 6.29. The number of nitrogens with zero attached hydrogens (tertiary/aromatic N) is 1. The van der Waals surface area contributed by atoms with E-state index in [1.165, 1.54) is 11.8 Å². The lowest BCUT2D eigenvalue weighted by atomic mass is 10.1. The molecule has 2 aromatic carbocycles. The lowest BCUT2D eigenvalue weighted by molar-refractivity contribution is -0.138. The molecular formula is C24H31ClN2O3S. The van der Waals surface area contributed by atoms with E-state index in [4.69, 9.17) is 16.3 Å². The first-order valence-corrected chi connectivity index (χ1v) is 11.9. The van der Waals surface area contributed by atoms with Crippen molar-refractivity contribution in [3.8, 4) is 5.75 Å². The van der Waals surface area contributed by atoms with Crippen LogP contribution in [0.3, 0.4) is 0 Å². The van der Waals surface area contributed by atoms with Crippen LogP contribution in [-0.4, -0.2) is 41.7 Å². The first kappa shape index (κ1) is 25.1. The highest BCUT2D eigenvalue weighted by Gasteiger charge is 2.26. The van der Waals surface area contributed by atoms with Crippen molar-refractivity contribution in [2.75, 3.05) is 12.9 Å². The Kier molecular flexibility index (Phi) is 10.2. The molecule has 0 heterocycles. The van der Waals surface area contributed by atoms with Gasteiger partial charge in [0.15, 0.2) is 0 Å². The van der Waals surface area contributed by atoms with Gasteiger partial charge in [-0.15, -0.1) is 11.8 Å². The molecule has 0 fully saturated rings. The third kappa shape index (κ3) is 8.11. The second kappa shape index (κ2) is 12.6. The van der Waals surface area contributed by atoms with Crippen LogP contribution in [0.15, 0.2) is 48.5 Å². The highest BCUT2D eigenvalue weighted by Crippen LogP contribution is 2.19. The smallest absolute Gasteiger partial charge is 0.242 e. The van der Waals surface area contributed by atoms with Crippen LogP contribution in [0.25, 0.3) is 0 Å². The van der Waals surface area contributed by atoms with Gasteiger partial charge in [0.25, 0.3) is 0 Å². The maximum Gasteiger partial charge on any atom is 0.242 e. The minimum Gasteiger partial charge on any atom is -0.497 e. The van der Waals surface area contributed by atoms with Crippen molar-refractivity contribution in [1.29, 1.82) is 0 Å². The molecule has 0 spiro atoms. The summed E-state index contributed by atoms with van der Waals surface area (Å²) in [6.45, 7) is 6.11. The van der Waals surface area contributed by atoms with Crippen LogP contribution in [0.5, 0.6) is 5.75 Å². The summed E-state index contributed by atoms with van der Waals surface area (Å²) < 4.78 is 5.21. The van der Waals surface area contributed by atoms with Gasteiger partial charge in [0.05, 0.1) is 12.9 Å². The fraction of sp³-hybridized carbons (Fsp3) is 0.417. The predicted octanol–water partition coefficient (Wildman–Crippen LogP) is 4.91. The largest absolute Gasteiger partial charge is 0.497 e. The van der Waals surface area contributed by atoms with Crippen molar-refractivity contribution in [3.63, 3.8) is 0 Å². The maximum atomic E-state index is 13.1.